The topological polar surface area (TPSA) is 114 Å². The van der Waals surface area contributed by atoms with E-state index in [1.165, 1.54) is 52.3 Å². The minimum absolute atomic E-state index is 0.0222. The molecule has 0 saturated heterocycles. The first kappa shape index (κ1) is 26.2. The molecule has 0 aliphatic heterocycles. The number of aliphatic hydroxyl groups is 1. The lowest BCUT2D eigenvalue weighted by Crippen LogP contribution is -2.20. The number of halogens is 2. The van der Waals surface area contributed by atoms with Gasteiger partial charge in [0.1, 0.15) is 30.3 Å². The smallest absolute Gasteiger partial charge is 0.246 e. The summed E-state index contributed by atoms with van der Waals surface area (Å²) in [6.45, 7) is 2.14. The number of carbonyl (C=O) groups is 1. The summed E-state index contributed by atoms with van der Waals surface area (Å²) in [7, 11) is 0. The molecule has 3 N–H and O–H groups in total. The molecule has 14 heteroatoms. The van der Waals surface area contributed by atoms with Crippen molar-refractivity contribution in [1.29, 1.82) is 0 Å². The molecule has 9 nitrogen and oxygen atoms in total. The number of hydrogen-bond acceptors (Lipinski definition) is 10. The van der Waals surface area contributed by atoms with Gasteiger partial charge in [-0.25, -0.2) is 19.0 Å². The van der Waals surface area contributed by atoms with Gasteiger partial charge in [0.15, 0.2) is 8.29 Å². The summed E-state index contributed by atoms with van der Waals surface area (Å²) < 4.78 is 21.9. The molecule has 0 aliphatic rings. The zero-order valence-corrected chi connectivity index (χ0v) is 22.0. The molecule has 0 saturated carbocycles. The first-order chi connectivity index (χ1) is 17.4. The largest absolute Gasteiger partial charge is 0.492 e. The van der Waals surface area contributed by atoms with E-state index < -0.39 is 5.82 Å². The molecule has 0 bridgehead atoms. The highest BCUT2D eigenvalue weighted by Crippen LogP contribution is 2.34. The van der Waals surface area contributed by atoms with Gasteiger partial charge in [-0.1, -0.05) is 34.7 Å². The summed E-state index contributed by atoms with van der Waals surface area (Å²) in [6, 6.07) is 7.65. The number of aliphatic hydroxyl groups excluding tert-OH is 1. The molecule has 188 valence electrons. The van der Waals surface area contributed by atoms with Crippen molar-refractivity contribution >= 4 is 80.9 Å². The Balaban J connectivity index is 1.62. The Kier molecular flexibility index (Phi) is 8.69. The van der Waals surface area contributed by atoms with Gasteiger partial charge in [-0.3, -0.25) is 4.79 Å². The number of hydrogen-bond donors (Lipinski definition) is 3. The van der Waals surface area contributed by atoms with Crippen LogP contribution in [0.25, 0.3) is 10.9 Å². The third-order valence-electron chi connectivity index (χ3n) is 4.69. The highest BCUT2D eigenvalue weighted by molar-refractivity contribution is 8.01. The van der Waals surface area contributed by atoms with Crippen LogP contribution in [0.15, 0.2) is 41.0 Å². The molecule has 36 heavy (non-hydrogen) atoms. The second-order valence-corrected chi connectivity index (χ2v) is 10.6. The molecular formula is C22H20ClFN6O3S3. The lowest BCUT2D eigenvalue weighted by atomic mass is 10.1. The van der Waals surface area contributed by atoms with E-state index >= 15 is 0 Å². The van der Waals surface area contributed by atoms with Crippen LogP contribution < -0.4 is 15.4 Å². The maximum absolute atomic E-state index is 13.6. The minimum atomic E-state index is -0.527. The summed E-state index contributed by atoms with van der Waals surface area (Å²) in [5, 5.41) is 19.9. The second kappa shape index (κ2) is 11.9. The number of aromatic nitrogens is 4. The van der Waals surface area contributed by atoms with Crippen molar-refractivity contribution in [2.24, 2.45) is 0 Å². The molecule has 0 unspecified atom stereocenters. The highest BCUT2D eigenvalue weighted by Gasteiger charge is 2.15. The monoisotopic (exact) mass is 566 g/mol. The number of benzene rings is 2. The molecule has 4 rings (SSSR count). The number of amides is 1. The Hall–Kier alpha value is -2.84. The van der Waals surface area contributed by atoms with E-state index in [1.54, 1.807) is 12.1 Å². The number of fused-ring (bicyclic) bond motifs is 1. The summed E-state index contributed by atoms with van der Waals surface area (Å²) >= 11 is 13.9. The summed E-state index contributed by atoms with van der Waals surface area (Å²) in [5.74, 6) is 0.487. The fraction of sp³-hybridized carbons (Fsp3) is 0.227. The van der Waals surface area contributed by atoms with Crippen LogP contribution in [0.1, 0.15) is 6.92 Å². The van der Waals surface area contributed by atoms with Crippen molar-refractivity contribution in [2.75, 3.05) is 29.6 Å². The Morgan fingerprint density at radius 3 is 2.92 bits per heavy atom. The predicted molar refractivity (Wildman–Crippen MR) is 143 cm³/mol. The summed E-state index contributed by atoms with van der Waals surface area (Å²) in [6.07, 6.45) is 1.39. The zero-order valence-electron chi connectivity index (χ0n) is 18.8. The van der Waals surface area contributed by atoms with Crippen LogP contribution in [0.5, 0.6) is 5.75 Å². The van der Waals surface area contributed by atoms with Gasteiger partial charge in [0.2, 0.25) is 5.91 Å². The third-order valence-corrected chi connectivity index (χ3v) is 7.40. The molecule has 2 aromatic heterocycles. The SMILES string of the molecule is CCOc1cc2ncnc(Nc3ccc(F)c(Cl)c3)c2cc1NC(=O)Cn1nc(SCCO)sc1=S. The van der Waals surface area contributed by atoms with Gasteiger partial charge in [0.05, 0.1) is 29.4 Å². The number of carbonyl (C=O) groups excluding carboxylic acids is 1. The fourth-order valence-electron chi connectivity index (χ4n) is 3.17. The van der Waals surface area contributed by atoms with Crippen LogP contribution in [0.2, 0.25) is 5.02 Å². The van der Waals surface area contributed by atoms with Gasteiger partial charge in [0.25, 0.3) is 0 Å². The molecule has 0 aliphatic carbocycles. The maximum Gasteiger partial charge on any atom is 0.246 e. The van der Waals surface area contributed by atoms with E-state index in [1.807, 2.05) is 6.92 Å². The summed E-state index contributed by atoms with van der Waals surface area (Å²) in [5.41, 5.74) is 1.53. The standard InChI is InChI=1S/C22H20ClFN6O3S3/c1-2-33-18-9-16-13(20(26-11-25-16)27-12-3-4-15(24)14(23)7-12)8-17(18)28-19(32)10-30-22(34)36-21(29-30)35-6-5-31/h3-4,7-9,11,31H,2,5-6,10H2,1H3,(H,28,32)(H,25,26,27). The van der Waals surface area contributed by atoms with Crippen LogP contribution in [0, 0.1) is 9.77 Å². The minimum Gasteiger partial charge on any atom is -0.492 e. The van der Waals surface area contributed by atoms with Gasteiger partial charge in [0, 0.05) is 22.9 Å². The molecule has 4 aromatic rings. The molecule has 1 amide bonds. The van der Waals surface area contributed by atoms with E-state index in [0.29, 0.717) is 54.5 Å². The lowest BCUT2D eigenvalue weighted by molar-refractivity contribution is -0.116. The van der Waals surface area contributed by atoms with Gasteiger partial charge in [-0.15, -0.1) is 0 Å². The van der Waals surface area contributed by atoms with Gasteiger partial charge < -0.3 is 20.5 Å². The molecule has 0 atom stereocenters. The fourth-order valence-corrected chi connectivity index (χ4v) is 5.50. The number of nitrogens with zero attached hydrogens (tertiary/aromatic N) is 4. The quantitative estimate of drug-likeness (QED) is 0.174. The Labute approximate surface area is 223 Å². The van der Waals surface area contributed by atoms with E-state index in [2.05, 4.69) is 25.7 Å². The lowest BCUT2D eigenvalue weighted by Gasteiger charge is -2.15. The summed E-state index contributed by atoms with van der Waals surface area (Å²) in [4.78, 5) is 21.5. The van der Waals surface area contributed by atoms with Crippen LogP contribution in [-0.2, 0) is 11.3 Å². The van der Waals surface area contributed by atoms with Crippen LogP contribution in [0.3, 0.4) is 0 Å². The van der Waals surface area contributed by atoms with Crippen LogP contribution in [-0.4, -0.2) is 49.7 Å². The van der Waals surface area contributed by atoms with Crippen molar-refractivity contribution < 1.29 is 19.0 Å². The van der Waals surface area contributed by atoms with Crippen molar-refractivity contribution in [3.05, 3.63) is 51.5 Å². The number of nitrogens with one attached hydrogen (secondary N) is 2. The van der Waals surface area contributed by atoms with Crippen molar-refractivity contribution in [2.45, 2.75) is 17.8 Å². The average molecular weight is 567 g/mol. The highest BCUT2D eigenvalue weighted by atomic mass is 35.5. The molecule has 2 heterocycles. The third kappa shape index (κ3) is 6.28. The van der Waals surface area contributed by atoms with Crippen LogP contribution >= 0.6 is 46.9 Å². The van der Waals surface area contributed by atoms with E-state index in [-0.39, 0.29) is 24.1 Å². The molecular weight excluding hydrogens is 547 g/mol. The second-order valence-electron chi connectivity index (χ2n) is 7.19. The number of ether oxygens (including phenoxy) is 1. The first-order valence-corrected chi connectivity index (χ1v) is 13.2. The molecule has 0 fully saturated rings. The normalized spacial score (nSPS) is 11.0. The first-order valence-electron chi connectivity index (χ1n) is 10.6. The van der Waals surface area contributed by atoms with E-state index in [9.17, 15) is 9.18 Å². The average Bonchev–Trinajstić information content (AvgIpc) is 3.19. The zero-order chi connectivity index (χ0) is 25.7. The van der Waals surface area contributed by atoms with Crippen molar-refractivity contribution in [1.82, 2.24) is 19.7 Å². The number of thioether (sulfide) groups is 1. The van der Waals surface area contributed by atoms with Gasteiger partial charge in [-0.05, 0) is 43.4 Å². The van der Waals surface area contributed by atoms with Crippen LogP contribution in [0.4, 0.5) is 21.6 Å². The molecule has 0 radical (unpaired) electrons. The molecule has 0 spiro atoms. The van der Waals surface area contributed by atoms with Gasteiger partial charge in [-0.2, -0.15) is 5.10 Å². The Bertz CT molecular complexity index is 1460. The van der Waals surface area contributed by atoms with E-state index in [4.69, 9.17) is 33.7 Å². The Morgan fingerprint density at radius 1 is 1.33 bits per heavy atom. The maximum atomic E-state index is 13.6. The number of anilines is 3. The van der Waals surface area contributed by atoms with Crippen molar-refractivity contribution in [3.8, 4) is 5.75 Å². The van der Waals surface area contributed by atoms with Crippen molar-refractivity contribution in [3.63, 3.8) is 0 Å². The van der Waals surface area contributed by atoms with Gasteiger partial charge >= 0.3 is 0 Å². The van der Waals surface area contributed by atoms with E-state index in [0.717, 1.165) is 0 Å². The molecule has 2 aromatic carbocycles. The predicted octanol–water partition coefficient (Wildman–Crippen LogP) is 5.28. The Morgan fingerprint density at radius 2 is 2.17 bits per heavy atom. The number of rotatable bonds is 10.